The van der Waals surface area contributed by atoms with Crippen LogP contribution in [-0.2, 0) is 0 Å². The highest BCUT2D eigenvalue weighted by Crippen LogP contribution is 2.27. The van der Waals surface area contributed by atoms with E-state index < -0.39 is 0 Å². The number of rotatable bonds is 1. The predicted molar refractivity (Wildman–Crippen MR) is 97.0 cm³/mol. The second-order valence-electron chi connectivity index (χ2n) is 5.08. The number of pyridine rings is 2. The summed E-state index contributed by atoms with van der Waals surface area (Å²) < 4.78 is 0. The van der Waals surface area contributed by atoms with E-state index in [2.05, 4.69) is 25.3 Å². The number of hydrogen-bond acceptors (Lipinski definition) is 4. The Kier molecular flexibility index (Phi) is 3.28. The maximum Gasteiger partial charge on any atom is 0.0894 e. The molecule has 0 fully saturated rings. The first-order valence-corrected chi connectivity index (χ1v) is 7.80. The fourth-order valence-corrected chi connectivity index (χ4v) is 3.11. The summed E-state index contributed by atoms with van der Waals surface area (Å²) in [7, 11) is 0. The summed E-state index contributed by atoms with van der Waals surface area (Å²) in [5, 5.41) is 2.10. The van der Waals surface area contributed by atoms with Gasteiger partial charge in [0, 0.05) is 20.6 Å². The Morgan fingerprint density at radius 2 is 1.00 bits per heavy atom. The molecule has 0 aliphatic heterocycles. The summed E-state index contributed by atoms with van der Waals surface area (Å²) >= 11 is 8.93. The number of thiol groups is 2. The van der Waals surface area contributed by atoms with E-state index in [1.165, 1.54) is 0 Å². The molecule has 2 aromatic heterocycles. The van der Waals surface area contributed by atoms with Crippen molar-refractivity contribution < 1.29 is 0 Å². The van der Waals surface area contributed by atoms with Crippen LogP contribution in [0.4, 0.5) is 0 Å². The van der Waals surface area contributed by atoms with Gasteiger partial charge in [-0.3, -0.25) is 0 Å². The maximum atomic E-state index is 4.71. The first-order valence-electron chi connectivity index (χ1n) is 6.90. The number of benzene rings is 2. The fourth-order valence-electron chi connectivity index (χ4n) is 2.56. The fraction of sp³-hybridized carbons (Fsp3) is 0. The summed E-state index contributed by atoms with van der Waals surface area (Å²) in [5.41, 5.74) is 3.57. The Balaban J connectivity index is 1.91. The van der Waals surface area contributed by atoms with Gasteiger partial charge in [0.25, 0.3) is 0 Å². The van der Waals surface area contributed by atoms with Gasteiger partial charge in [0.1, 0.15) is 0 Å². The van der Waals surface area contributed by atoms with E-state index in [4.69, 9.17) is 9.97 Å². The lowest BCUT2D eigenvalue weighted by atomic mass is 10.1. The van der Waals surface area contributed by atoms with Gasteiger partial charge in [0.15, 0.2) is 0 Å². The molecule has 0 N–H and O–H groups in total. The molecule has 106 valence electrons. The third kappa shape index (κ3) is 2.25. The summed E-state index contributed by atoms with van der Waals surface area (Å²) in [4.78, 5) is 11.3. The van der Waals surface area contributed by atoms with Crippen molar-refractivity contribution in [1.29, 1.82) is 0 Å². The molecule has 4 heteroatoms. The van der Waals surface area contributed by atoms with Crippen molar-refractivity contribution in [2.75, 3.05) is 0 Å². The lowest BCUT2D eigenvalue weighted by molar-refractivity contribution is 1.30. The van der Waals surface area contributed by atoms with E-state index >= 15 is 0 Å². The molecule has 0 spiro atoms. The van der Waals surface area contributed by atoms with Crippen LogP contribution in [-0.4, -0.2) is 9.97 Å². The summed E-state index contributed by atoms with van der Waals surface area (Å²) in [6.07, 6.45) is 0. The first kappa shape index (κ1) is 13.6. The Morgan fingerprint density at radius 3 is 1.45 bits per heavy atom. The highest BCUT2D eigenvalue weighted by Gasteiger charge is 2.06. The molecule has 22 heavy (non-hydrogen) atoms. The third-order valence-electron chi connectivity index (χ3n) is 3.68. The second-order valence-corrected chi connectivity index (χ2v) is 6.04. The minimum atomic E-state index is 0.859. The lowest BCUT2D eigenvalue weighted by Crippen LogP contribution is -1.90. The summed E-state index contributed by atoms with van der Waals surface area (Å²) in [6.45, 7) is 0. The van der Waals surface area contributed by atoms with Crippen LogP contribution >= 0.6 is 25.3 Å². The molecule has 0 unspecified atom stereocenters. The molecular formula is C18H12N2S2. The van der Waals surface area contributed by atoms with Crippen LogP contribution in [0.3, 0.4) is 0 Å². The third-order valence-corrected chi connectivity index (χ3v) is 4.46. The molecule has 0 saturated carbocycles. The molecule has 2 aromatic carbocycles. The molecule has 2 nitrogen and oxygen atoms in total. The molecule has 0 saturated heterocycles. The van der Waals surface area contributed by atoms with Gasteiger partial charge in [-0.2, -0.15) is 0 Å². The van der Waals surface area contributed by atoms with Crippen molar-refractivity contribution in [3.8, 4) is 11.4 Å². The van der Waals surface area contributed by atoms with Gasteiger partial charge in [-0.15, -0.1) is 25.3 Å². The normalized spacial score (nSPS) is 11.2. The van der Waals surface area contributed by atoms with Crippen LogP contribution in [0.2, 0.25) is 0 Å². The van der Waals surface area contributed by atoms with Gasteiger partial charge in [0.05, 0.1) is 22.4 Å². The maximum absolute atomic E-state index is 4.71. The Hall–Kier alpha value is -2.04. The largest absolute Gasteiger partial charge is 0.246 e. The monoisotopic (exact) mass is 320 g/mol. The van der Waals surface area contributed by atoms with Crippen molar-refractivity contribution in [3.63, 3.8) is 0 Å². The molecular weight excluding hydrogens is 308 g/mol. The summed E-state index contributed by atoms with van der Waals surface area (Å²) in [5.74, 6) is 0. The average Bonchev–Trinajstić information content (AvgIpc) is 2.55. The predicted octanol–water partition coefficient (Wildman–Crippen LogP) is 5.03. The van der Waals surface area contributed by atoms with Crippen LogP contribution in [0.25, 0.3) is 33.2 Å². The van der Waals surface area contributed by atoms with Crippen LogP contribution < -0.4 is 0 Å². The van der Waals surface area contributed by atoms with Gasteiger partial charge < -0.3 is 0 Å². The zero-order chi connectivity index (χ0) is 15.1. The molecule has 0 atom stereocenters. The van der Waals surface area contributed by atoms with Crippen molar-refractivity contribution >= 4 is 47.1 Å². The molecule has 0 aliphatic rings. The van der Waals surface area contributed by atoms with Gasteiger partial charge in [0.2, 0.25) is 0 Å². The quantitative estimate of drug-likeness (QED) is 0.481. The standard InChI is InChI=1S/C18H12N2S2/c21-17-5-1-3-13-11(17)7-9-15(19-13)16-10-8-12-14(20-16)4-2-6-18(12)22/h1-10,21-22H. The van der Waals surface area contributed by atoms with Crippen LogP contribution in [0.15, 0.2) is 70.5 Å². The first-order chi connectivity index (χ1) is 10.7. The van der Waals surface area contributed by atoms with Crippen LogP contribution in [0.1, 0.15) is 0 Å². The Morgan fingerprint density at radius 1 is 0.545 bits per heavy atom. The Labute approximate surface area is 139 Å². The van der Waals surface area contributed by atoms with Crippen LogP contribution in [0.5, 0.6) is 0 Å². The zero-order valence-corrected chi connectivity index (χ0v) is 13.4. The molecule has 4 aromatic rings. The number of hydrogen-bond donors (Lipinski definition) is 2. The summed E-state index contributed by atoms with van der Waals surface area (Å²) in [6, 6.07) is 19.9. The lowest BCUT2D eigenvalue weighted by Gasteiger charge is -2.06. The van der Waals surface area contributed by atoms with Gasteiger partial charge in [-0.1, -0.05) is 12.1 Å². The molecule has 4 rings (SSSR count). The SMILES string of the molecule is Sc1cccc2nc(-c3ccc4c(S)cccc4n3)ccc12. The molecule has 0 bridgehead atoms. The van der Waals surface area contributed by atoms with E-state index in [-0.39, 0.29) is 0 Å². The van der Waals surface area contributed by atoms with E-state index in [9.17, 15) is 0 Å². The average molecular weight is 320 g/mol. The second kappa shape index (κ2) is 5.30. The van der Waals surface area contributed by atoms with E-state index in [1.54, 1.807) is 0 Å². The molecule has 0 amide bonds. The van der Waals surface area contributed by atoms with Crippen molar-refractivity contribution in [3.05, 3.63) is 60.7 Å². The minimum Gasteiger partial charge on any atom is -0.246 e. The van der Waals surface area contributed by atoms with E-state index in [1.807, 2.05) is 60.7 Å². The molecule has 2 heterocycles. The van der Waals surface area contributed by atoms with Gasteiger partial charge in [-0.05, 0) is 48.5 Å². The van der Waals surface area contributed by atoms with E-state index in [0.29, 0.717) is 0 Å². The van der Waals surface area contributed by atoms with E-state index in [0.717, 1.165) is 43.0 Å². The highest BCUT2D eigenvalue weighted by molar-refractivity contribution is 7.80. The van der Waals surface area contributed by atoms with Crippen molar-refractivity contribution in [2.24, 2.45) is 0 Å². The number of aromatic nitrogens is 2. The van der Waals surface area contributed by atoms with Crippen molar-refractivity contribution in [1.82, 2.24) is 9.97 Å². The highest BCUT2D eigenvalue weighted by atomic mass is 32.1. The van der Waals surface area contributed by atoms with Gasteiger partial charge in [-0.25, -0.2) is 9.97 Å². The van der Waals surface area contributed by atoms with Gasteiger partial charge >= 0.3 is 0 Å². The van der Waals surface area contributed by atoms with Crippen molar-refractivity contribution in [2.45, 2.75) is 9.79 Å². The minimum absolute atomic E-state index is 0.859. The molecule has 0 radical (unpaired) electrons. The number of fused-ring (bicyclic) bond motifs is 2. The topological polar surface area (TPSA) is 25.8 Å². The molecule has 0 aliphatic carbocycles. The number of nitrogens with zero attached hydrogens (tertiary/aromatic N) is 2. The smallest absolute Gasteiger partial charge is 0.0894 e. The van der Waals surface area contributed by atoms with Crippen LogP contribution in [0, 0.1) is 0 Å². The zero-order valence-electron chi connectivity index (χ0n) is 11.6. The Bertz CT molecular complexity index is 929.